The zero-order valence-electron chi connectivity index (χ0n) is 16.2. The SMILES string of the molecule is CCNC(=NCC(=O)NC(C)(C)C)NCCc1ccc2ccccc2c1. The fraction of sp³-hybridized carbons (Fsp3) is 0.429. The van der Waals surface area contributed by atoms with E-state index in [1.165, 1.54) is 16.3 Å². The quantitative estimate of drug-likeness (QED) is 0.552. The molecule has 2 aromatic carbocycles. The summed E-state index contributed by atoms with van der Waals surface area (Å²) >= 11 is 0. The summed E-state index contributed by atoms with van der Waals surface area (Å²) in [5, 5.41) is 11.9. The normalized spacial score (nSPS) is 12.1. The lowest BCUT2D eigenvalue weighted by molar-refractivity contribution is -0.121. The van der Waals surface area contributed by atoms with Gasteiger partial charge in [0.1, 0.15) is 6.54 Å². The molecule has 0 aromatic heterocycles. The predicted molar refractivity (Wildman–Crippen MR) is 110 cm³/mol. The molecule has 5 nitrogen and oxygen atoms in total. The first-order valence-electron chi connectivity index (χ1n) is 9.18. The van der Waals surface area contributed by atoms with Crippen LogP contribution >= 0.6 is 0 Å². The van der Waals surface area contributed by atoms with Gasteiger partial charge in [-0.2, -0.15) is 0 Å². The van der Waals surface area contributed by atoms with Crippen molar-refractivity contribution in [1.29, 1.82) is 0 Å². The van der Waals surface area contributed by atoms with Crippen LogP contribution in [0.15, 0.2) is 47.5 Å². The number of nitrogens with one attached hydrogen (secondary N) is 3. The molecule has 0 unspecified atom stereocenters. The number of carbonyl (C=O) groups excluding carboxylic acids is 1. The van der Waals surface area contributed by atoms with Crippen molar-refractivity contribution in [1.82, 2.24) is 16.0 Å². The van der Waals surface area contributed by atoms with Crippen LogP contribution in [0.3, 0.4) is 0 Å². The van der Waals surface area contributed by atoms with Gasteiger partial charge in [0, 0.05) is 18.6 Å². The van der Waals surface area contributed by atoms with Gasteiger partial charge in [-0.3, -0.25) is 4.79 Å². The Morgan fingerprint density at radius 1 is 1.04 bits per heavy atom. The van der Waals surface area contributed by atoms with Crippen molar-refractivity contribution in [3.63, 3.8) is 0 Å². The Hall–Kier alpha value is -2.56. The molecule has 26 heavy (non-hydrogen) atoms. The summed E-state index contributed by atoms with van der Waals surface area (Å²) in [5.41, 5.74) is 1.03. The summed E-state index contributed by atoms with van der Waals surface area (Å²) in [4.78, 5) is 16.3. The summed E-state index contributed by atoms with van der Waals surface area (Å²) in [7, 11) is 0. The van der Waals surface area contributed by atoms with Gasteiger partial charge in [0.2, 0.25) is 5.91 Å². The Bertz CT molecular complexity index is 762. The molecule has 1 amide bonds. The van der Waals surface area contributed by atoms with E-state index in [1.54, 1.807) is 0 Å². The Balaban J connectivity index is 1.88. The van der Waals surface area contributed by atoms with E-state index in [1.807, 2.05) is 27.7 Å². The highest BCUT2D eigenvalue weighted by atomic mass is 16.2. The molecule has 0 radical (unpaired) electrons. The lowest BCUT2D eigenvalue weighted by Crippen LogP contribution is -2.43. The average molecular weight is 354 g/mol. The van der Waals surface area contributed by atoms with Gasteiger partial charge in [-0.25, -0.2) is 4.99 Å². The largest absolute Gasteiger partial charge is 0.357 e. The number of rotatable bonds is 6. The lowest BCUT2D eigenvalue weighted by Gasteiger charge is -2.20. The molecule has 0 atom stereocenters. The summed E-state index contributed by atoms with van der Waals surface area (Å²) in [6.45, 7) is 9.51. The third-order valence-corrected chi connectivity index (χ3v) is 3.76. The molecule has 0 bridgehead atoms. The Morgan fingerprint density at radius 3 is 2.46 bits per heavy atom. The van der Waals surface area contributed by atoms with E-state index in [0.717, 1.165) is 19.5 Å². The van der Waals surface area contributed by atoms with Crippen LogP contribution in [0.1, 0.15) is 33.3 Å². The van der Waals surface area contributed by atoms with Crippen LogP contribution in [0.25, 0.3) is 10.8 Å². The summed E-state index contributed by atoms with van der Waals surface area (Å²) in [6.07, 6.45) is 0.892. The van der Waals surface area contributed by atoms with Gasteiger partial charge in [-0.15, -0.1) is 0 Å². The molecule has 0 saturated carbocycles. The number of benzene rings is 2. The fourth-order valence-electron chi connectivity index (χ4n) is 2.67. The topological polar surface area (TPSA) is 65.5 Å². The van der Waals surface area contributed by atoms with Crippen LogP contribution in [0.2, 0.25) is 0 Å². The minimum atomic E-state index is -0.242. The zero-order valence-corrected chi connectivity index (χ0v) is 16.2. The van der Waals surface area contributed by atoms with Gasteiger partial charge in [-0.1, -0.05) is 42.5 Å². The highest BCUT2D eigenvalue weighted by Crippen LogP contribution is 2.15. The molecule has 2 aromatic rings. The van der Waals surface area contributed by atoms with Gasteiger partial charge < -0.3 is 16.0 Å². The fourth-order valence-corrected chi connectivity index (χ4v) is 2.67. The molecule has 0 aliphatic heterocycles. The van der Waals surface area contributed by atoms with Crippen molar-refractivity contribution < 1.29 is 4.79 Å². The van der Waals surface area contributed by atoms with Crippen molar-refractivity contribution in [3.8, 4) is 0 Å². The second-order valence-corrected chi connectivity index (χ2v) is 7.35. The molecule has 5 heteroatoms. The number of nitrogens with zero attached hydrogens (tertiary/aromatic N) is 1. The Labute approximate surface area is 156 Å². The van der Waals surface area contributed by atoms with E-state index in [4.69, 9.17) is 0 Å². The smallest absolute Gasteiger partial charge is 0.242 e. The van der Waals surface area contributed by atoms with E-state index in [0.29, 0.717) is 5.96 Å². The molecule has 0 heterocycles. The first-order chi connectivity index (χ1) is 12.4. The number of carbonyl (C=O) groups is 1. The lowest BCUT2D eigenvalue weighted by atomic mass is 10.1. The van der Waals surface area contributed by atoms with Crippen LogP contribution in [-0.2, 0) is 11.2 Å². The number of amides is 1. The molecule has 2 rings (SSSR count). The number of hydrogen-bond acceptors (Lipinski definition) is 2. The maximum atomic E-state index is 11.9. The van der Waals surface area contributed by atoms with Crippen molar-refractivity contribution in [3.05, 3.63) is 48.0 Å². The van der Waals surface area contributed by atoms with Gasteiger partial charge in [0.25, 0.3) is 0 Å². The molecule has 0 fully saturated rings. The molecule has 0 aliphatic rings. The maximum absolute atomic E-state index is 11.9. The van der Waals surface area contributed by atoms with E-state index in [2.05, 4.69) is 63.4 Å². The van der Waals surface area contributed by atoms with E-state index < -0.39 is 0 Å². The van der Waals surface area contributed by atoms with E-state index in [-0.39, 0.29) is 18.0 Å². The number of hydrogen-bond donors (Lipinski definition) is 3. The van der Waals surface area contributed by atoms with E-state index >= 15 is 0 Å². The van der Waals surface area contributed by atoms with E-state index in [9.17, 15) is 4.79 Å². The van der Waals surface area contributed by atoms with Gasteiger partial charge >= 0.3 is 0 Å². The molecule has 0 spiro atoms. The van der Waals surface area contributed by atoms with Crippen LogP contribution in [0.5, 0.6) is 0 Å². The molecule has 0 aliphatic carbocycles. The van der Waals surface area contributed by atoms with Gasteiger partial charge in [0.05, 0.1) is 0 Å². The number of aliphatic imine (C=N–C) groups is 1. The molecular weight excluding hydrogens is 324 g/mol. The second-order valence-electron chi connectivity index (χ2n) is 7.35. The summed E-state index contributed by atoms with van der Waals surface area (Å²) < 4.78 is 0. The average Bonchev–Trinajstić information content (AvgIpc) is 2.58. The first kappa shape index (κ1) is 19.8. The zero-order chi connectivity index (χ0) is 19.0. The van der Waals surface area contributed by atoms with Crippen LogP contribution in [-0.4, -0.2) is 37.0 Å². The second kappa shape index (κ2) is 9.22. The Kier molecular flexibility index (Phi) is 7.01. The van der Waals surface area contributed by atoms with Crippen molar-refractivity contribution in [2.24, 2.45) is 4.99 Å². The Morgan fingerprint density at radius 2 is 1.77 bits per heavy atom. The minimum absolute atomic E-state index is 0.0794. The third kappa shape index (κ3) is 6.75. The van der Waals surface area contributed by atoms with Crippen molar-refractivity contribution in [2.45, 2.75) is 39.7 Å². The maximum Gasteiger partial charge on any atom is 0.242 e. The molecular formula is C21H30N4O. The third-order valence-electron chi connectivity index (χ3n) is 3.76. The van der Waals surface area contributed by atoms with Crippen molar-refractivity contribution >= 4 is 22.6 Å². The molecule has 3 N–H and O–H groups in total. The standard InChI is InChI=1S/C21H30N4O/c1-5-22-20(24-15-19(26)25-21(2,3)4)23-13-12-16-10-11-17-8-6-7-9-18(17)14-16/h6-11,14H,5,12-13,15H2,1-4H3,(H,25,26)(H2,22,23,24). The highest BCUT2D eigenvalue weighted by Gasteiger charge is 2.13. The molecule has 0 saturated heterocycles. The number of fused-ring (bicyclic) bond motifs is 1. The predicted octanol–water partition coefficient (Wildman–Crippen LogP) is 2.85. The van der Waals surface area contributed by atoms with Crippen LogP contribution in [0.4, 0.5) is 0 Å². The first-order valence-corrected chi connectivity index (χ1v) is 9.18. The van der Waals surface area contributed by atoms with Crippen LogP contribution in [0, 0.1) is 0 Å². The highest BCUT2D eigenvalue weighted by molar-refractivity contribution is 5.85. The monoisotopic (exact) mass is 354 g/mol. The summed E-state index contributed by atoms with van der Waals surface area (Å²) in [5.74, 6) is 0.585. The van der Waals surface area contributed by atoms with Crippen LogP contribution < -0.4 is 16.0 Å². The number of guanidine groups is 1. The van der Waals surface area contributed by atoms with Gasteiger partial charge in [0.15, 0.2) is 5.96 Å². The minimum Gasteiger partial charge on any atom is -0.357 e. The van der Waals surface area contributed by atoms with Crippen molar-refractivity contribution in [2.75, 3.05) is 19.6 Å². The van der Waals surface area contributed by atoms with Gasteiger partial charge in [-0.05, 0) is 50.5 Å². The molecule has 140 valence electrons. The summed E-state index contributed by atoms with van der Waals surface area (Å²) in [6, 6.07) is 14.9.